The van der Waals surface area contributed by atoms with Crippen molar-refractivity contribution in [2.75, 3.05) is 11.1 Å². The lowest BCUT2D eigenvalue weighted by Gasteiger charge is -2.15. The van der Waals surface area contributed by atoms with Crippen LogP contribution >= 0.6 is 23.4 Å². The summed E-state index contributed by atoms with van der Waals surface area (Å²) in [5.74, 6) is -1.53. The van der Waals surface area contributed by atoms with Crippen LogP contribution in [0.5, 0.6) is 0 Å². The van der Waals surface area contributed by atoms with Gasteiger partial charge in [-0.25, -0.2) is 9.78 Å². The fourth-order valence-electron chi connectivity index (χ4n) is 2.78. The van der Waals surface area contributed by atoms with Crippen molar-refractivity contribution in [1.82, 2.24) is 4.98 Å². The minimum absolute atomic E-state index is 0.000295. The molecule has 9 nitrogen and oxygen atoms in total. The lowest BCUT2D eigenvalue weighted by molar-refractivity contribution is -0.115. The largest absolute Gasteiger partial charge is 0.478 e. The van der Waals surface area contributed by atoms with Gasteiger partial charge in [-0.2, -0.15) is 10.5 Å². The summed E-state index contributed by atoms with van der Waals surface area (Å²) in [7, 11) is 0. The van der Waals surface area contributed by atoms with Crippen molar-refractivity contribution in [1.29, 1.82) is 10.5 Å². The Morgan fingerprint density at radius 1 is 1.28 bits per heavy atom. The zero-order valence-electron chi connectivity index (χ0n) is 16.4. The Morgan fingerprint density at radius 2 is 2.00 bits per heavy atom. The lowest BCUT2D eigenvalue weighted by Crippen LogP contribution is -2.23. The van der Waals surface area contributed by atoms with Gasteiger partial charge in [0.05, 0.1) is 33.2 Å². The number of aromatic carboxylic acids is 1. The Morgan fingerprint density at radius 3 is 2.59 bits per heavy atom. The molecule has 11 heteroatoms. The van der Waals surface area contributed by atoms with Gasteiger partial charge in [0.2, 0.25) is 5.91 Å². The SMILES string of the molecule is CC(Sc1nc(N)c(C#N)c(-c2ccco2)c1C#N)C(=O)Nc1ccc(Cl)c(C(=O)O)c1. The molecule has 0 saturated carbocycles. The van der Waals surface area contributed by atoms with E-state index in [9.17, 15) is 25.2 Å². The van der Waals surface area contributed by atoms with Crippen LogP contribution in [0.2, 0.25) is 5.02 Å². The van der Waals surface area contributed by atoms with Gasteiger partial charge in [0, 0.05) is 5.69 Å². The van der Waals surface area contributed by atoms with E-state index in [1.54, 1.807) is 19.1 Å². The molecule has 2 heterocycles. The van der Waals surface area contributed by atoms with E-state index < -0.39 is 17.1 Å². The van der Waals surface area contributed by atoms with Crippen LogP contribution in [-0.2, 0) is 4.79 Å². The average Bonchev–Trinajstić information content (AvgIpc) is 3.28. The molecule has 0 bridgehead atoms. The minimum atomic E-state index is -1.23. The van der Waals surface area contributed by atoms with Crippen LogP contribution in [-0.4, -0.2) is 27.2 Å². The van der Waals surface area contributed by atoms with Gasteiger partial charge in [0.1, 0.15) is 34.3 Å². The van der Waals surface area contributed by atoms with Crippen LogP contribution < -0.4 is 11.1 Å². The van der Waals surface area contributed by atoms with E-state index in [1.807, 2.05) is 12.1 Å². The summed E-state index contributed by atoms with van der Waals surface area (Å²) in [6, 6.07) is 11.2. The topological polar surface area (TPSA) is 166 Å². The highest BCUT2D eigenvalue weighted by Gasteiger charge is 2.25. The molecule has 1 unspecified atom stereocenters. The maximum absolute atomic E-state index is 12.7. The molecule has 3 rings (SSSR count). The number of furan rings is 1. The van der Waals surface area contributed by atoms with Gasteiger partial charge >= 0.3 is 5.97 Å². The first-order valence-corrected chi connectivity index (χ1v) is 10.2. The standard InChI is InChI=1S/C21H14ClN5O4S/c1-10(19(28)26-11-4-5-15(22)12(7-11)21(29)30)32-20-14(9-24)17(16-3-2-6-31-16)13(8-23)18(25)27-20/h2-7,10H,1H3,(H2,25,27)(H,26,28)(H,29,30). The van der Waals surface area contributed by atoms with E-state index >= 15 is 0 Å². The van der Waals surface area contributed by atoms with Crippen molar-refractivity contribution < 1.29 is 19.1 Å². The van der Waals surface area contributed by atoms with Crippen LogP contribution in [0.25, 0.3) is 11.3 Å². The van der Waals surface area contributed by atoms with Gasteiger partial charge < -0.3 is 20.6 Å². The molecule has 4 N–H and O–H groups in total. The molecule has 160 valence electrons. The molecule has 0 fully saturated rings. The van der Waals surface area contributed by atoms with Crippen LogP contribution in [0, 0.1) is 22.7 Å². The summed E-state index contributed by atoms with van der Waals surface area (Å²) < 4.78 is 5.35. The van der Waals surface area contributed by atoms with Crippen molar-refractivity contribution >= 4 is 46.7 Å². The monoisotopic (exact) mass is 467 g/mol. The molecule has 3 aromatic rings. The minimum Gasteiger partial charge on any atom is -0.478 e. The van der Waals surface area contributed by atoms with E-state index in [0.717, 1.165) is 11.8 Å². The highest BCUT2D eigenvalue weighted by atomic mass is 35.5. The van der Waals surface area contributed by atoms with Gasteiger partial charge in [-0.15, -0.1) is 0 Å². The molecule has 0 aliphatic heterocycles. The number of hydrogen-bond acceptors (Lipinski definition) is 8. The predicted molar refractivity (Wildman–Crippen MR) is 118 cm³/mol. The zero-order valence-corrected chi connectivity index (χ0v) is 18.0. The number of carboxylic acid groups (broad SMARTS) is 1. The van der Waals surface area contributed by atoms with Crippen molar-refractivity contribution in [3.8, 4) is 23.5 Å². The number of rotatable bonds is 6. The van der Waals surface area contributed by atoms with E-state index in [2.05, 4.69) is 10.3 Å². The molecule has 1 atom stereocenters. The Hall–Kier alpha value is -3.99. The normalized spacial score (nSPS) is 11.2. The number of nitrogen functional groups attached to an aromatic ring is 1. The van der Waals surface area contributed by atoms with E-state index in [-0.39, 0.29) is 49.6 Å². The number of nitriles is 2. The molecule has 1 amide bonds. The highest BCUT2D eigenvalue weighted by Crippen LogP contribution is 2.37. The van der Waals surface area contributed by atoms with Crippen LogP contribution in [0.15, 0.2) is 46.0 Å². The number of carbonyl (C=O) groups is 2. The number of carbonyl (C=O) groups excluding carboxylic acids is 1. The number of nitrogens with two attached hydrogens (primary N) is 1. The predicted octanol–water partition coefficient (Wildman–Crippen LogP) is 4.14. The number of halogens is 1. The summed E-state index contributed by atoms with van der Waals surface area (Å²) in [6.45, 7) is 1.58. The summed E-state index contributed by atoms with van der Waals surface area (Å²) in [6.07, 6.45) is 1.40. The molecular formula is C21H14ClN5O4S. The maximum Gasteiger partial charge on any atom is 0.337 e. The Kier molecular flexibility index (Phi) is 6.69. The Labute approximate surface area is 191 Å². The van der Waals surface area contributed by atoms with E-state index in [0.29, 0.717) is 0 Å². The summed E-state index contributed by atoms with van der Waals surface area (Å²) >= 11 is 6.81. The molecule has 32 heavy (non-hydrogen) atoms. The van der Waals surface area contributed by atoms with E-state index in [4.69, 9.17) is 21.8 Å². The lowest BCUT2D eigenvalue weighted by atomic mass is 10.0. The zero-order chi connectivity index (χ0) is 23.4. The molecule has 2 aromatic heterocycles. The fraction of sp³-hybridized carbons (Fsp3) is 0.0952. The number of nitrogens with zero attached hydrogens (tertiary/aromatic N) is 3. The first-order chi connectivity index (χ1) is 15.3. The number of hydrogen-bond donors (Lipinski definition) is 3. The third-order valence-corrected chi connectivity index (χ3v) is 5.72. The Bertz CT molecular complexity index is 1290. The number of anilines is 2. The quantitative estimate of drug-likeness (QED) is 0.451. The number of aromatic nitrogens is 1. The molecule has 0 saturated heterocycles. The van der Waals surface area contributed by atoms with Crippen molar-refractivity contribution in [2.45, 2.75) is 17.2 Å². The van der Waals surface area contributed by atoms with Gasteiger partial charge in [-0.3, -0.25) is 4.79 Å². The van der Waals surface area contributed by atoms with E-state index in [1.165, 1.54) is 24.5 Å². The molecule has 1 aromatic carbocycles. The van der Waals surface area contributed by atoms with Gasteiger partial charge in [0.15, 0.2) is 0 Å². The molecule has 0 aliphatic rings. The maximum atomic E-state index is 12.7. The van der Waals surface area contributed by atoms with Crippen LogP contribution in [0.4, 0.5) is 11.5 Å². The van der Waals surface area contributed by atoms with Crippen molar-refractivity contribution in [3.63, 3.8) is 0 Å². The molecule has 0 spiro atoms. The number of carboxylic acids is 1. The summed E-state index contributed by atoms with van der Waals surface area (Å²) in [4.78, 5) is 28.1. The third-order valence-electron chi connectivity index (χ3n) is 4.31. The van der Waals surface area contributed by atoms with Crippen LogP contribution in [0.3, 0.4) is 0 Å². The Balaban J connectivity index is 1.91. The van der Waals surface area contributed by atoms with Gasteiger partial charge in [-0.1, -0.05) is 23.4 Å². The van der Waals surface area contributed by atoms with Crippen LogP contribution in [0.1, 0.15) is 28.4 Å². The van der Waals surface area contributed by atoms with Gasteiger partial charge in [-0.05, 0) is 37.3 Å². The summed E-state index contributed by atoms with van der Waals surface area (Å²) in [5, 5.41) is 30.4. The molecule has 0 aliphatic carbocycles. The third kappa shape index (κ3) is 4.52. The number of amides is 1. The number of nitrogens with one attached hydrogen (secondary N) is 1. The average molecular weight is 468 g/mol. The number of benzene rings is 1. The second-order valence-corrected chi connectivity index (χ2v) is 8.11. The number of pyridine rings is 1. The molecular weight excluding hydrogens is 454 g/mol. The second-order valence-electron chi connectivity index (χ2n) is 6.38. The first kappa shape index (κ1) is 22.7. The first-order valence-electron chi connectivity index (χ1n) is 8.94. The van der Waals surface area contributed by atoms with Crippen molar-refractivity contribution in [2.24, 2.45) is 0 Å². The highest BCUT2D eigenvalue weighted by molar-refractivity contribution is 8.00. The number of thioether (sulfide) groups is 1. The second kappa shape index (κ2) is 9.43. The molecule has 0 radical (unpaired) electrons. The van der Waals surface area contributed by atoms with Gasteiger partial charge in [0.25, 0.3) is 0 Å². The fourth-order valence-corrected chi connectivity index (χ4v) is 3.90. The van der Waals surface area contributed by atoms with Crippen molar-refractivity contribution in [3.05, 3.63) is 58.3 Å². The smallest absolute Gasteiger partial charge is 0.337 e. The summed E-state index contributed by atoms with van der Waals surface area (Å²) in [5.41, 5.74) is 6.27.